The van der Waals surface area contributed by atoms with Crippen molar-refractivity contribution >= 4 is 34.8 Å². The van der Waals surface area contributed by atoms with Crippen molar-refractivity contribution in [2.75, 3.05) is 34.1 Å². The number of rotatable bonds is 11. The van der Waals surface area contributed by atoms with Crippen LogP contribution >= 0.6 is 0 Å². The van der Waals surface area contributed by atoms with Crippen LogP contribution in [0, 0.1) is 5.92 Å². The Balaban J connectivity index is 0.872. The molecule has 2 unspecified atom stereocenters. The first-order valence-corrected chi connectivity index (χ1v) is 21.5. The monoisotopic (exact) mass is 866 g/mol. The van der Waals surface area contributed by atoms with Crippen molar-refractivity contribution in [2.45, 2.75) is 63.7 Å². The lowest BCUT2D eigenvalue weighted by molar-refractivity contribution is -0.135. The van der Waals surface area contributed by atoms with Crippen LogP contribution in [0.5, 0.6) is 11.5 Å². The molecular weight excluding hydrogens is 817 g/mol. The third-order valence-corrected chi connectivity index (χ3v) is 12.4. The predicted octanol–water partition coefficient (Wildman–Crippen LogP) is 7.82. The van der Waals surface area contributed by atoms with E-state index in [1.54, 1.807) is 29.3 Å². The van der Waals surface area contributed by atoms with E-state index in [9.17, 15) is 19.2 Å². The topological polar surface area (TPSA) is 193 Å². The van der Waals surface area contributed by atoms with Crippen molar-refractivity contribution in [3.63, 3.8) is 0 Å². The van der Waals surface area contributed by atoms with Gasteiger partial charge in [0.1, 0.15) is 23.7 Å². The SMILES string of the molecule is COC(=O)NC(C(=O)N1CCC[C@H]1c1ncc(-c2ccc(-c3ccc4cc(-c5cnc(C6CCCN6C(=O)[C@@H](NC(=O)OC)C(C)C)[nH]5)ccc4c3)cc2)[nH]1)c1ccc2c(c1)OCO2. The maximum Gasteiger partial charge on any atom is 0.407 e. The number of aromatic nitrogens is 4. The smallest absolute Gasteiger partial charge is 0.407 e. The van der Waals surface area contributed by atoms with Crippen LogP contribution in [0.1, 0.15) is 74.9 Å². The third-order valence-electron chi connectivity index (χ3n) is 12.4. The normalized spacial score (nSPS) is 17.7. The van der Waals surface area contributed by atoms with Crippen molar-refractivity contribution in [3.8, 4) is 45.1 Å². The number of hydrogen-bond donors (Lipinski definition) is 4. The number of hydrogen-bond acceptors (Lipinski definition) is 10. The maximum atomic E-state index is 14.1. The molecule has 5 heterocycles. The van der Waals surface area contributed by atoms with Crippen LogP contribution in [0.3, 0.4) is 0 Å². The number of carbonyl (C=O) groups is 4. The average Bonchev–Trinajstić information content (AvgIpc) is 4.18. The molecule has 0 saturated carbocycles. The standard InChI is InChI=1S/C48H50N8O8/c1-27(2)41(53-47(59)61-3)45(57)55-19-5-7-37(55)44-50-25-36(52-44)33-16-15-31-21-30(13-14-32(31)22-33)28-9-11-29(12-10-28)35-24-49-43(51-35)38-8-6-20-56(38)46(58)42(54-48(60)62-4)34-17-18-39-40(23-34)64-26-63-39/h9-18,21-25,27,37-38,41-42H,5-8,19-20,26H2,1-4H3,(H,49,51)(H,50,52)(H,53,59)(H,54,60)/t37?,38-,41-,42?/m0/s1. The number of nitrogens with one attached hydrogen (secondary N) is 4. The van der Waals surface area contributed by atoms with Gasteiger partial charge in [0, 0.05) is 18.7 Å². The van der Waals surface area contributed by atoms with Crippen molar-refractivity contribution < 1.29 is 38.1 Å². The molecule has 6 aromatic rings. The van der Waals surface area contributed by atoms with Crippen molar-refractivity contribution in [3.05, 3.63) is 108 Å². The van der Waals surface area contributed by atoms with Gasteiger partial charge in [-0.1, -0.05) is 68.4 Å². The molecule has 4 aromatic carbocycles. The highest BCUT2D eigenvalue weighted by Crippen LogP contribution is 2.39. The molecule has 3 aliphatic heterocycles. The van der Waals surface area contributed by atoms with Crippen molar-refractivity contribution in [1.29, 1.82) is 0 Å². The van der Waals surface area contributed by atoms with Gasteiger partial charge in [0.2, 0.25) is 12.7 Å². The first kappa shape index (κ1) is 42.0. The minimum atomic E-state index is -0.997. The number of aromatic amines is 2. The molecular formula is C48H50N8O8. The second-order valence-corrected chi connectivity index (χ2v) is 16.6. The van der Waals surface area contributed by atoms with E-state index in [0.29, 0.717) is 36.0 Å². The number of methoxy groups -OCH3 is 2. The number of alkyl carbamates (subject to hydrolysis) is 2. The van der Waals surface area contributed by atoms with Gasteiger partial charge < -0.3 is 49.3 Å². The molecule has 2 aromatic heterocycles. The van der Waals surface area contributed by atoms with Gasteiger partial charge in [-0.3, -0.25) is 9.59 Å². The fourth-order valence-corrected chi connectivity index (χ4v) is 8.97. The molecule has 16 nitrogen and oxygen atoms in total. The average molecular weight is 867 g/mol. The number of nitrogens with zero attached hydrogens (tertiary/aromatic N) is 4. The summed E-state index contributed by atoms with van der Waals surface area (Å²) in [5, 5.41) is 7.58. The van der Waals surface area contributed by atoms with Gasteiger partial charge in [0.25, 0.3) is 5.91 Å². The maximum absolute atomic E-state index is 14.1. The summed E-state index contributed by atoms with van der Waals surface area (Å²) in [5.74, 6) is 1.96. The van der Waals surface area contributed by atoms with Crippen LogP contribution in [-0.2, 0) is 19.1 Å². The first-order chi connectivity index (χ1) is 31.1. The lowest BCUT2D eigenvalue weighted by Gasteiger charge is -2.30. The molecule has 4 N–H and O–H groups in total. The first-order valence-electron chi connectivity index (χ1n) is 21.5. The van der Waals surface area contributed by atoms with E-state index in [4.69, 9.17) is 28.9 Å². The molecule has 64 heavy (non-hydrogen) atoms. The van der Waals surface area contributed by atoms with Crippen LogP contribution in [-0.4, -0.2) is 93.9 Å². The van der Waals surface area contributed by atoms with Gasteiger partial charge in [-0.15, -0.1) is 0 Å². The lowest BCUT2D eigenvalue weighted by atomic mass is 9.98. The summed E-state index contributed by atoms with van der Waals surface area (Å²) in [5.41, 5.74) is 6.32. The van der Waals surface area contributed by atoms with Crippen molar-refractivity contribution in [1.82, 2.24) is 40.4 Å². The minimum absolute atomic E-state index is 0.0923. The molecule has 0 spiro atoms. The number of likely N-dealkylation sites (tertiary alicyclic amines) is 2. The van der Waals surface area contributed by atoms with E-state index in [2.05, 4.69) is 81.3 Å². The Hall–Kier alpha value is -7.36. The van der Waals surface area contributed by atoms with Gasteiger partial charge in [-0.05, 0) is 88.9 Å². The van der Waals surface area contributed by atoms with Crippen LogP contribution in [0.15, 0.2) is 91.3 Å². The van der Waals surface area contributed by atoms with E-state index in [-0.39, 0.29) is 36.6 Å². The molecule has 3 aliphatic rings. The number of amides is 4. The highest BCUT2D eigenvalue weighted by atomic mass is 16.7. The van der Waals surface area contributed by atoms with Crippen LogP contribution in [0.2, 0.25) is 0 Å². The Morgan fingerprint density at radius 3 is 1.84 bits per heavy atom. The van der Waals surface area contributed by atoms with Gasteiger partial charge in [0.05, 0.1) is 50.1 Å². The van der Waals surface area contributed by atoms with Crippen LogP contribution in [0.25, 0.3) is 44.4 Å². The van der Waals surface area contributed by atoms with Crippen molar-refractivity contribution in [2.24, 2.45) is 5.92 Å². The van der Waals surface area contributed by atoms with E-state index in [1.807, 2.05) is 24.9 Å². The second kappa shape index (κ2) is 17.8. The van der Waals surface area contributed by atoms with Crippen LogP contribution in [0.4, 0.5) is 9.59 Å². The summed E-state index contributed by atoms with van der Waals surface area (Å²) in [6.07, 6.45) is 5.38. The Morgan fingerprint density at radius 2 is 1.20 bits per heavy atom. The van der Waals surface area contributed by atoms with Gasteiger partial charge in [-0.25, -0.2) is 19.6 Å². The molecule has 4 amide bonds. The number of benzene rings is 4. The molecule has 0 bridgehead atoms. The molecule has 0 radical (unpaired) electrons. The molecule has 9 rings (SSSR count). The fourth-order valence-electron chi connectivity index (χ4n) is 8.97. The summed E-state index contributed by atoms with van der Waals surface area (Å²) in [7, 11) is 2.55. The molecule has 330 valence electrons. The lowest BCUT2D eigenvalue weighted by Crippen LogP contribution is -2.51. The summed E-state index contributed by atoms with van der Waals surface area (Å²) in [6, 6.07) is 24.0. The number of fused-ring (bicyclic) bond motifs is 2. The quantitative estimate of drug-likeness (QED) is 0.0998. The zero-order valence-corrected chi connectivity index (χ0v) is 36.1. The second-order valence-electron chi connectivity index (χ2n) is 16.6. The Kier molecular flexibility index (Phi) is 11.7. The number of ether oxygens (including phenoxy) is 4. The Bertz CT molecular complexity index is 2710. The molecule has 2 fully saturated rings. The number of imidazole rings is 2. The summed E-state index contributed by atoms with van der Waals surface area (Å²) in [4.78, 5) is 72.1. The summed E-state index contributed by atoms with van der Waals surface area (Å²) in [6.45, 7) is 4.99. The zero-order valence-electron chi connectivity index (χ0n) is 36.1. The van der Waals surface area contributed by atoms with E-state index in [0.717, 1.165) is 75.9 Å². The number of carbonyl (C=O) groups excluding carboxylic acids is 4. The third kappa shape index (κ3) is 8.30. The molecule has 16 heteroatoms. The molecule has 4 atom stereocenters. The highest BCUT2D eigenvalue weighted by Gasteiger charge is 2.39. The number of H-pyrrole nitrogens is 2. The molecule has 2 saturated heterocycles. The largest absolute Gasteiger partial charge is 0.454 e. The zero-order chi connectivity index (χ0) is 44.5. The van der Waals surface area contributed by atoms with E-state index in [1.165, 1.54) is 14.2 Å². The van der Waals surface area contributed by atoms with Gasteiger partial charge in [0.15, 0.2) is 11.5 Å². The van der Waals surface area contributed by atoms with Gasteiger partial charge >= 0.3 is 12.2 Å². The van der Waals surface area contributed by atoms with Crippen LogP contribution < -0.4 is 20.1 Å². The molecule has 0 aliphatic carbocycles. The fraction of sp³-hybridized carbons (Fsp3) is 0.333. The Labute approximate surface area is 369 Å². The van der Waals surface area contributed by atoms with Gasteiger partial charge in [-0.2, -0.15) is 0 Å². The minimum Gasteiger partial charge on any atom is -0.454 e. The van der Waals surface area contributed by atoms with E-state index < -0.39 is 24.3 Å². The highest BCUT2D eigenvalue weighted by molar-refractivity contribution is 5.91. The van der Waals surface area contributed by atoms with E-state index >= 15 is 0 Å². The Morgan fingerprint density at radius 1 is 0.656 bits per heavy atom. The predicted molar refractivity (Wildman–Crippen MR) is 237 cm³/mol. The summed E-state index contributed by atoms with van der Waals surface area (Å²) >= 11 is 0. The summed E-state index contributed by atoms with van der Waals surface area (Å²) < 4.78 is 20.6.